The van der Waals surface area contributed by atoms with Gasteiger partial charge in [0, 0.05) is 19.3 Å². The van der Waals surface area contributed by atoms with Gasteiger partial charge in [-0.1, -0.05) is 41.6 Å². The standard InChI is InChI=1S/C21H24N4O2S/c1-4-25-18-8-6-5-7-17(18)23-21(25)28-14-20(27)24(3)13-19(26)22-16-11-9-15(2)10-12-16/h5-12H,4,13-14H2,1-3H3,(H,22,26). The average Bonchev–Trinajstić information content (AvgIpc) is 3.05. The number of imidazole rings is 1. The fraction of sp³-hybridized carbons (Fsp3) is 0.286. The van der Waals surface area contributed by atoms with Gasteiger partial charge in [0.2, 0.25) is 11.8 Å². The Morgan fingerprint density at radius 2 is 1.86 bits per heavy atom. The number of fused-ring (bicyclic) bond motifs is 1. The monoisotopic (exact) mass is 396 g/mol. The number of rotatable bonds is 7. The summed E-state index contributed by atoms with van der Waals surface area (Å²) in [5, 5.41) is 3.62. The molecule has 146 valence electrons. The zero-order chi connectivity index (χ0) is 20.1. The highest BCUT2D eigenvalue weighted by molar-refractivity contribution is 7.99. The van der Waals surface area contributed by atoms with Gasteiger partial charge >= 0.3 is 0 Å². The first-order chi connectivity index (χ1) is 13.5. The van der Waals surface area contributed by atoms with Gasteiger partial charge in [-0.25, -0.2) is 4.98 Å². The predicted molar refractivity (Wildman–Crippen MR) is 114 cm³/mol. The molecule has 0 bridgehead atoms. The molecule has 0 spiro atoms. The third-order valence-corrected chi connectivity index (χ3v) is 5.36. The SMILES string of the molecule is CCn1c(SCC(=O)N(C)CC(=O)Nc2ccc(C)cc2)nc2ccccc21. The van der Waals surface area contributed by atoms with E-state index in [0.717, 1.165) is 34.0 Å². The zero-order valence-corrected chi connectivity index (χ0v) is 17.1. The van der Waals surface area contributed by atoms with E-state index in [1.165, 1.54) is 16.7 Å². The molecule has 0 unspecified atom stereocenters. The highest BCUT2D eigenvalue weighted by Gasteiger charge is 2.16. The second kappa shape index (κ2) is 8.93. The zero-order valence-electron chi connectivity index (χ0n) is 16.3. The Balaban J connectivity index is 1.55. The molecule has 28 heavy (non-hydrogen) atoms. The molecule has 3 aromatic rings. The van der Waals surface area contributed by atoms with Crippen molar-refractivity contribution in [2.75, 3.05) is 24.7 Å². The molecule has 2 aromatic carbocycles. The number of carbonyl (C=O) groups excluding carboxylic acids is 2. The van der Waals surface area contributed by atoms with Crippen LogP contribution in [-0.4, -0.2) is 45.6 Å². The Morgan fingerprint density at radius 3 is 2.57 bits per heavy atom. The smallest absolute Gasteiger partial charge is 0.243 e. The van der Waals surface area contributed by atoms with Crippen LogP contribution in [0.2, 0.25) is 0 Å². The minimum atomic E-state index is -0.217. The number of para-hydroxylation sites is 2. The Bertz CT molecular complexity index is 982. The van der Waals surface area contributed by atoms with Crippen LogP contribution in [0.15, 0.2) is 53.7 Å². The van der Waals surface area contributed by atoms with E-state index >= 15 is 0 Å². The molecule has 0 fully saturated rings. The van der Waals surface area contributed by atoms with Crippen molar-refractivity contribution < 1.29 is 9.59 Å². The molecule has 0 aliphatic heterocycles. The minimum absolute atomic E-state index is 0.0114. The number of hydrogen-bond acceptors (Lipinski definition) is 4. The van der Waals surface area contributed by atoms with Crippen LogP contribution in [0.4, 0.5) is 5.69 Å². The van der Waals surface area contributed by atoms with Gasteiger partial charge in [-0.2, -0.15) is 0 Å². The molecule has 7 heteroatoms. The van der Waals surface area contributed by atoms with Crippen LogP contribution in [0, 0.1) is 6.92 Å². The number of carbonyl (C=O) groups is 2. The summed E-state index contributed by atoms with van der Waals surface area (Å²) in [6.07, 6.45) is 0. The molecule has 0 radical (unpaired) electrons. The predicted octanol–water partition coefficient (Wildman–Crippen LogP) is 3.55. The van der Waals surface area contributed by atoms with Gasteiger partial charge in [0.05, 0.1) is 23.3 Å². The van der Waals surface area contributed by atoms with Crippen LogP contribution in [0.3, 0.4) is 0 Å². The molecule has 0 atom stereocenters. The molecule has 0 aliphatic rings. The molecular weight excluding hydrogens is 372 g/mol. The van der Waals surface area contributed by atoms with Crippen molar-refractivity contribution in [2.45, 2.75) is 25.5 Å². The van der Waals surface area contributed by atoms with Crippen LogP contribution in [0.25, 0.3) is 11.0 Å². The summed E-state index contributed by atoms with van der Waals surface area (Å²) in [6.45, 7) is 4.84. The molecular formula is C21H24N4O2S. The third kappa shape index (κ3) is 4.72. The summed E-state index contributed by atoms with van der Waals surface area (Å²) in [6, 6.07) is 15.5. The molecule has 1 heterocycles. The number of aromatic nitrogens is 2. The largest absolute Gasteiger partial charge is 0.336 e. The maximum absolute atomic E-state index is 12.5. The highest BCUT2D eigenvalue weighted by Crippen LogP contribution is 2.24. The van der Waals surface area contributed by atoms with Crippen molar-refractivity contribution in [3.8, 4) is 0 Å². The number of thioether (sulfide) groups is 1. The Morgan fingerprint density at radius 1 is 1.14 bits per heavy atom. The molecule has 0 saturated heterocycles. The van der Waals surface area contributed by atoms with Gasteiger partial charge < -0.3 is 14.8 Å². The van der Waals surface area contributed by atoms with Crippen LogP contribution in [0.1, 0.15) is 12.5 Å². The first-order valence-corrected chi connectivity index (χ1v) is 10.1. The van der Waals surface area contributed by atoms with Gasteiger partial charge in [-0.05, 0) is 38.1 Å². The lowest BCUT2D eigenvalue weighted by Gasteiger charge is -2.16. The van der Waals surface area contributed by atoms with Crippen LogP contribution < -0.4 is 5.32 Å². The number of anilines is 1. The van der Waals surface area contributed by atoms with Crippen molar-refractivity contribution >= 4 is 40.3 Å². The molecule has 3 rings (SSSR count). The second-order valence-electron chi connectivity index (χ2n) is 6.58. The topological polar surface area (TPSA) is 67.2 Å². The Hall–Kier alpha value is -2.80. The van der Waals surface area contributed by atoms with Crippen molar-refractivity contribution in [1.29, 1.82) is 0 Å². The van der Waals surface area contributed by atoms with Crippen LogP contribution in [0.5, 0.6) is 0 Å². The van der Waals surface area contributed by atoms with E-state index in [-0.39, 0.29) is 24.1 Å². The number of nitrogens with one attached hydrogen (secondary N) is 1. The van der Waals surface area contributed by atoms with E-state index in [1.54, 1.807) is 7.05 Å². The summed E-state index contributed by atoms with van der Waals surface area (Å²) >= 11 is 1.40. The van der Waals surface area contributed by atoms with Gasteiger partial charge in [0.1, 0.15) is 0 Å². The van der Waals surface area contributed by atoms with E-state index in [2.05, 4.69) is 21.8 Å². The van der Waals surface area contributed by atoms with E-state index in [1.807, 2.05) is 55.5 Å². The molecule has 0 saturated carbocycles. The summed E-state index contributed by atoms with van der Waals surface area (Å²) in [7, 11) is 1.64. The minimum Gasteiger partial charge on any atom is -0.336 e. The fourth-order valence-corrected chi connectivity index (χ4v) is 3.87. The average molecular weight is 397 g/mol. The second-order valence-corrected chi connectivity index (χ2v) is 7.52. The van der Waals surface area contributed by atoms with Crippen LogP contribution in [-0.2, 0) is 16.1 Å². The van der Waals surface area contributed by atoms with E-state index < -0.39 is 0 Å². The van der Waals surface area contributed by atoms with Crippen molar-refractivity contribution in [1.82, 2.24) is 14.5 Å². The number of benzene rings is 2. The van der Waals surface area contributed by atoms with Gasteiger partial charge in [0.25, 0.3) is 0 Å². The molecule has 1 aromatic heterocycles. The van der Waals surface area contributed by atoms with Crippen molar-refractivity contribution in [2.24, 2.45) is 0 Å². The molecule has 1 N–H and O–H groups in total. The fourth-order valence-electron chi connectivity index (χ4n) is 2.85. The summed E-state index contributed by atoms with van der Waals surface area (Å²) < 4.78 is 2.09. The van der Waals surface area contributed by atoms with Crippen molar-refractivity contribution in [3.63, 3.8) is 0 Å². The number of likely N-dealkylation sites (N-methyl/N-ethyl adjacent to an activating group) is 1. The lowest BCUT2D eigenvalue weighted by atomic mass is 10.2. The lowest BCUT2D eigenvalue weighted by Crippen LogP contribution is -2.36. The summed E-state index contributed by atoms with van der Waals surface area (Å²) in [5.41, 5.74) is 3.83. The van der Waals surface area contributed by atoms with E-state index in [4.69, 9.17) is 0 Å². The van der Waals surface area contributed by atoms with E-state index in [0.29, 0.717) is 0 Å². The molecule has 6 nitrogen and oxygen atoms in total. The van der Waals surface area contributed by atoms with Gasteiger partial charge in [-0.3, -0.25) is 9.59 Å². The first kappa shape index (κ1) is 19.9. The normalized spacial score (nSPS) is 10.8. The Kier molecular flexibility index (Phi) is 6.36. The number of nitrogens with zero attached hydrogens (tertiary/aromatic N) is 3. The number of amides is 2. The number of aryl methyl sites for hydroxylation is 2. The number of hydrogen-bond donors (Lipinski definition) is 1. The molecule has 0 aliphatic carbocycles. The maximum atomic E-state index is 12.5. The van der Waals surface area contributed by atoms with Gasteiger partial charge in [0.15, 0.2) is 5.16 Å². The lowest BCUT2D eigenvalue weighted by molar-refractivity contribution is -0.131. The van der Waals surface area contributed by atoms with E-state index in [9.17, 15) is 9.59 Å². The van der Waals surface area contributed by atoms with Gasteiger partial charge in [-0.15, -0.1) is 0 Å². The quantitative estimate of drug-likeness (QED) is 0.620. The first-order valence-electron chi connectivity index (χ1n) is 9.16. The van der Waals surface area contributed by atoms with Crippen molar-refractivity contribution in [3.05, 3.63) is 54.1 Å². The summed E-state index contributed by atoms with van der Waals surface area (Å²) in [5.74, 6) is -0.0956. The third-order valence-electron chi connectivity index (χ3n) is 4.40. The highest BCUT2D eigenvalue weighted by atomic mass is 32.2. The molecule has 2 amide bonds. The summed E-state index contributed by atoms with van der Waals surface area (Å²) in [4.78, 5) is 30.7. The Labute approximate surface area is 168 Å². The maximum Gasteiger partial charge on any atom is 0.243 e. The van der Waals surface area contributed by atoms with Crippen LogP contribution >= 0.6 is 11.8 Å².